The molecule has 1 nitrogen and oxygen atoms in total. The minimum absolute atomic E-state index is 0.0339. The van der Waals surface area contributed by atoms with E-state index in [1.54, 1.807) is 0 Å². The van der Waals surface area contributed by atoms with E-state index in [0.717, 1.165) is 13.0 Å². The Bertz CT molecular complexity index is 81.4. The molecule has 0 rings (SSSR count). The van der Waals surface area contributed by atoms with Crippen molar-refractivity contribution in [1.82, 2.24) is 0 Å². The van der Waals surface area contributed by atoms with Gasteiger partial charge in [-0.2, -0.15) is 0 Å². The third-order valence-electron chi connectivity index (χ3n) is 1.38. The molecule has 1 heteroatoms. The molecule has 0 N–H and O–H groups in total. The predicted molar refractivity (Wildman–Crippen MR) is 49.5 cm³/mol. The summed E-state index contributed by atoms with van der Waals surface area (Å²) >= 11 is 0. The van der Waals surface area contributed by atoms with Gasteiger partial charge in [0.15, 0.2) is 0 Å². The van der Waals surface area contributed by atoms with E-state index in [1.807, 2.05) is 0 Å². The summed E-state index contributed by atoms with van der Waals surface area (Å²) < 4.78 is 5.56. The van der Waals surface area contributed by atoms with Crippen molar-refractivity contribution in [2.45, 2.75) is 52.6 Å². The van der Waals surface area contributed by atoms with Crippen LogP contribution in [-0.2, 0) is 4.74 Å². The summed E-state index contributed by atoms with van der Waals surface area (Å²) in [6.07, 6.45) is 5.82. The molecule has 0 aliphatic carbocycles. The smallest absolute Gasteiger partial charge is 0.0598 e. The van der Waals surface area contributed by atoms with E-state index in [1.165, 1.54) is 12.8 Å². The molecule has 11 heavy (non-hydrogen) atoms. The highest BCUT2D eigenvalue weighted by Crippen LogP contribution is 2.08. The lowest BCUT2D eigenvalue weighted by Gasteiger charge is -2.19. The highest BCUT2D eigenvalue weighted by molar-refractivity contribution is 4.62. The van der Waals surface area contributed by atoms with Crippen LogP contribution < -0.4 is 0 Å². The molecule has 0 bridgehead atoms. The molecule has 0 fully saturated rings. The van der Waals surface area contributed by atoms with Crippen molar-refractivity contribution in [2.24, 2.45) is 0 Å². The van der Waals surface area contributed by atoms with Crippen LogP contribution in [0.15, 0.2) is 0 Å². The molecule has 0 unspecified atom stereocenters. The standard InChI is InChI=1S/C10H21O/c1-5-6-7-8-9-11-10(2,3)4/h6H,5,7-9H2,1-4H3. The van der Waals surface area contributed by atoms with Crippen LogP contribution in [0.4, 0.5) is 0 Å². The fourth-order valence-electron chi connectivity index (χ4n) is 0.810. The van der Waals surface area contributed by atoms with Gasteiger partial charge in [-0.05, 0) is 40.0 Å². The second-order valence-corrected chi connectivity index (χ2v) is 3.80. The summed E-state index contributed by atoms with van der Waals surface area (Å²) in [7, 11) is 0. The van der Waals surface area contributed by atoms with Gasteiger partial charge >= 0.3 is 0 Å². The molecule has 0 spiro atoms. The van der Waals surface area contributed by atoms with Gasteiger partial charge in [-0.1, -0.05) is 13.3 Å². The van der Waals surface area contributed by atoms with Crippen LogP contribution in [0.2, 0.25) is 0 Å². The second-order valence-electron chi connectivity index (χ2n) is 3.80. The van der Waals surface area contributed by atoms with E-state index < -0.39 is 0 Å². The lowest BCUT2D eigenvalue weighted by atomic mass is 10.2. The van der Waals surface area contributed by atoms with Crippen LogP contribution in [0.3, 0.4) is 0 Å². The Kier molecular flexibility index (Phi) is 5.57. The van der Waals surface area contributed by atoms with E-state index in [-0.39, 0.29) is 5.60 Å². The van der Waals surface area contributed by atoms with Gasteiger partial charge in [-0.3, -0.25) is 0 Å². The zero-order chi connectivity index (χ0) is 8.74. The van der Waals surface area contributed by atoms with E-state index in [4.69, 9.17) is 4.74 Å². The molecule has 0 aromatic carbocycles. The van der Waals surface area contributed by atoms with Crippen LogP contribution in [0, 0.1) is 6.42 Å². The molecule has 0 aliphatic heterocycles. The molecule has 1 radical (unpaired) electrons. The summed E-state index contributed by atoms with van der Waals surface area (Å²) in [6.45, 7) is 9.34. The third-order valence-corrected chi connectivity index (χ3v) is 1.38. The van der Waals surface area contributed by atoms with Crippen LogP contribution in [0.1, 0.15) is 47.0 Å². The van der Waals surface area contributed by atoms with Gasteiger partial charge in [0, 0.05) is 6.61 Å². The fraction of sp³-hybridized carbons (Fsp3) is 0.900. The number of unbranched alkanes of at least 4 members (excludes halogenated alkanes) is 3. The Labute approximate surface area is 71.1 Å². The average molecular weight is 157 g/mol. The molecular formula is C10H21O. The Balaban J connectivity index is 3.02. The normalized spacial score (nSPS) is 12.0. The maximum absolute atomic E-state index is 5.56. The highest BCUT2D eigenvalue weighted by Gasteiger charge is 2.08. The quantitative estimate of drug-likeness (QED) is 0.557. The summed E-state index contributed by atoms with van der Waals surface area (Å²) in [5.41, 5.74) is 0.0339. The summed E-state index contributed by atoms with van der Waals surface area (Å²) in [5, 5.41) is 0. The minimum atomic E-state index is 0.0339. The monoisotopic (exact) mass is 157 g/mol. The first-order valence-electron chi connectivity index (χ1n) is 4.52. The van der Waals surface area contributed by atoms with Crippen LogP contribution in [0.5, 0.6) is 0 Å². The lowest BCUT2D eigenvalue weighted by Crippen LogP contribution is -2.19. The van der Waals surface area contributed by atoms with Gasteiger partial charge in [0.25, 0.3) is 0 Å². The van der Waals surface area contributed by atoms with Gasteiger partial charge in [0.05, 0.1) is 5.60 Å². The van der Waals surface area contributed by atoms with Gasteiger partial charge in [0.1, 0.15) is 0 Å². The van der Waals surface area contributed by atoms with E-state index in [0.29, 0.717) is 0 Å². The largest absolute Gasteiger partial charge is 0.376 e. The van der Waals surface area contributed by atoms with Crippen molar-refractivity contribution in [2.75, 3.05) is 6.61 Å². The topological polar surface area (TPSA) is 9.23 Å². The van der Waals surface area contributed by atoms with Crippen molar-refractivity contribution < 1.29 is 4.74 Å². The summed E-state index contributed by atoms with van der Waals surface area (Å²) in [6, 6.07) is 0. The van der Waals surface area contributed by atoms with Crippen molar-refractivity contribution in [3.8, 4) is 0 Å². The predicted octanol–water partition coefficient (Wildman–Crippen LogP) is 3.20. The summed E-state index contributed by atoms with van der Waals surface area (Å²) in [5.74, 6) is 0. The molecular weight excluding hydrogens is 136 g/mol. The van der Waals surface area contributed by atoms with Gasteiger partial charge in [-0.25, -0.2) is 0 Å². The van der Waals surface area contributed by atoms with E-state index in [2.05, 4.69) is 34.1 Å². The van der Waals surface area contributed by atoms with Gasteiger partial charge < -0.3 is 4.74 Å². The average Bonchev–Trinajstić information content (AvgIpc) is 1.85. The molecule has 0 aromatic rings. The number of hydrogen-bond donors (Lipinski definition) is 0. The van der Waals surface area contributed by atoms with Crippen molar-refractivity contribution in [3.05, 3.63) is 6.42 Å². The highest BCUT2D eigenvalue weighted by atomic mass is 16.5. The molecule has 0 saturated carbocycles. The molecule has 0 aliphatic rings. The Hall–Kier alpha value is -0.0400. The number of rotatable bonds is 5. The molecule has 0 heterocycles. The third kappa shape index (κ3) is 9.96. The molecule has 0 aromatic heterocycles. The first kappa shape index (κ1) is 11.0. The van der Waals surface area contributed by atoms with Crippen molar-refractivity contribution >= 4 is 0 Å². The second kappa shape index (κ2) is 5.59. The van der Waals surface area contributed by atoms with E-state index >= 15 is 0 Å². The number of hydrogen-bond acceptors (Lipinski definition) is 1. The van der Waals surface area contributed by atoms with Crippen molar-refractivity contribution in [1.29, 1.82) is 0 Å². The Morgan fingerprint density at radius 1 is 1.27 bits per heavy atom. The molecule has 0 saturated heterocycles. The zero-order valence-corrected chi connectivity index (χ0v) is 8.31. The maximum Gasteiger partial charge on any atom is 0.0598 e. The SMILES string of the molecule is CC[CH]CCCOC(C)(C)C. The Morgan fingerprint density at radius 3 is 2.36 bits per heavy atom. The van der Waals surface area contributed by atoms with Crippen molar-refractivity contribution in [3.63, 3.8) is 0 Å². The minimum Gasteiger partial charge on any atom is -0.376 e. The van der Waals surface area contributed by atoms with Gasteiger partial charge in [0.2, 0.25) is 0 Å². The van der Waals surface area contributed by atoms with Crippen LogP contribution in [-0.4, -0.2) is 12.2 Å². The summed E-state index contributed by atoms with van der Waals surface area (Å²) in [4.78, 5) is 0. The maximum atomic E-state index is 5.56. The van der Waals surface area contributed by atoms with Crippen LogP contribution >= 0.6 is 0 Å². The van der Waals surface area contributed by atoms with E-state index in [9.17, 15) is 0 Å². The first-order chi connectivity index (χ1) is 5.06. The molecule has 0 amide bonds. The first-order valence-corrected chi connectivity index (χ1v) is 4.52. The molecule has 67 valence electrons. The number of ether oxygens (including phenoxy) is 1. The zero-order valence-electron chi connectivity index (χ0n) is 8.31. The van der Waals surface area contributed by atoms with Gasteiger partial charge in [-0.15, -0.1) is 0 Å². The Morgan fingerprint density at radius 2 is 1.91 bits per heavy atom. The lowest BCUT2D eigenvalue weighted by molar-refractivity contribution is -0.00395. The molecule has 0 atom stereocenters. The van der Waals surface area contributed by atoms with Crippen LogP contribution in [0.25, 0.3) is 0 Å². The fourth-order valence-corrected chi connectivity index (χ4v) is 0.810.